The van der Waals surface area contributed by atoms with E-state index in [1.54, 1.807) is 6.08 Å². The number of hydrogen-bond donors (Lipinski definition) is 2. The lowest BCUT2D eigenvalue weighted by Gasteiger charge is -2.23. The van der Waals surface area contributed by atoms with E-state index < -0.39 is 17.6 Å². The van der Waals surface area contributed by atoms with Crippen LogP contribution < -0.4 is 5.32 Å². The molecule has 5 nitrogen and oxygen atoms in total. The third-order valence-electron chi connectivity index (χ3n) is 5.83. The molecule has 0 aromatic heterocycles. The fraction of sp³-hybridized carbons (Fsp3) is 0.385. The average Bonchev–Trinajstić information content (AvgIpc) is 3.08. The molecule has 5 heteroatoms. The van der Waals surface area contributed by atoms with Crippen LogP contribution in [0.2, 0.25) is 0 Å². The predicted octanol–water partition coefficient (Wildman–Crippen LogP) is 5.90. The van der Waals surface area contributed by atoms with Crippen molar-refractivity contribution in [2.75, 3.05) is 6.61 Å². The van der Waals surface area contributed by atoms with Gasteiger partial charge < -0.3 is 15.2 Å². The zero-order valence-corrected chi connectivity index (χ0v) is 18.3. The van der Waals surface area contributed by atoms with Gasteiger partial charge in [-0.05, 0) is 42.0 Å². The Hall–Kier alpha value is -3.08. The van der Waals surface area contributed by atoms with Crippen molar-refractivity contribution in [3.8, 4) is 11.1 Å². The molecule has 0 radical (unpaired) electrons. The first-order chi connectivity index (χ1) is 15.0. The minimum Gasteiger partial charge on any atom is -0.479 e. The number of allylic oxidation sites excluding steroid dienone is 1. The van der Waals surface area contributed by atoms with E-state index in [2.05, 4.69) is 24.4 Å². The van der Waals surface area contributed by atoms with E-state index in [9.17, 15) is 14.7 Å². The fourth-order valence-electron chi connectivity index (χ4n) is 4.02. The van der Waals surface area contributed by atoms with Gasteiger partial charge in [0.2, 0.25) is 0 Å². The number of amides is 1. The maximum absolute atomic E-state index is 12.5. The van der Waals surface area contributed by atoms with Crippen LogP contribution in [-0.4, -0.2) is 29.3 Å². The number of carboxylic acids is 1. The number of carbonyl (C=O) groups excluding carboxylic acids is 1. The summed E-state index contributed by atoms with van der Waals surface area (Å²) in [5.74, 6) is -1.19. The van der Waals surface area contributed by atoms with Gasteiger partial charge in [-0.25, -0.2) is 9.59 Å². The molecule has 1 amide bonds. The largest absolute Gasteiger partial charge is 0.479 e. The smallest absolute Gasteiger partial charge is 0.408 e. The Kier molecular flexibility index (Phi) is 7.50. The number of unbranched alkanes of at least 4 members (excludes halogenated alkanes) is 4. The van der Waals surface area contributed by atoms with Gasteiger partial charge in [-0.2, -0.15) is 0 Å². The number of fused-ring (bicyclic) bond motifs is 3. The second-order valence-electron chi connectivity index (χ2n) is 8.21. The lowest BCUT2D eigenvalue weighted by molar-refractivity contribution is -0.141. The monoisotopic (exact) mass is 421 g/mol. The summed E-state index contributed by atoms with van der Waals surface area (Å²) >= 11 is 0. The molecular weight excluding hydrogens is 390 g/mol. The number of alkyl carbamates (subject to hydrolysis) is 1. The molecule has 1 aliphatic rings. The Morgan fingerprint density at radius 2 is 1.65 bits per heavy atom. The van der Waals surface area contributed by atoms with Gasteiger partial charge in [-0.1, -0.05) is 86.9 Å². The second kappa shape index (κ2) is 10.3. The third kappa shape index (κ3) is 5.35. The molecule has 3 rings (SSSR count). The van der Waals surface area contributed by atoms with Crippen LogP contribution in [0.15, 0.2) is 60.7 Å². The molecule has 2 aromatic rings. The Labute approximate surface area is 184 Å². The number of aliphatic carboxylic acids is 1. The summed E-state index contributed by atoms with van der Waals surface area (Å²) in [6, 6.07) is 16.2. The van der Waals surface area contributed by atoms with Crippen molar-refractivity contribution in [2.45, 2.75) is 57.4 Å². The van der Waals surface area contributed by atoms with Gasteiger partial charge in [-0.15, -0.1) is 0 Å². The van der Waals surface area contributed by atoms with E-state index in [-0.39, 0.29) is 12.5 Å². The molecule has 164 valence electrons. The van der Waals surface area contributed by atoms with Gasteiger partial charge in [0, 0.05) is 5.92 Å². The van der Waals surface area contributed by atoms with Crippen molar-refractivity contribution < 1.29 is 19.4 Å². The highest BCUT2D eigenvalue weighted by molar-refractivity contribution is 5.86. The van der Waals surface area contributed by atoms with Crippen LogP contribution in [0, 0.1) is 0 Å². The maximum atomic E-state index is 12.5. The van der Waals surface area contributed by atoms with E-state index in [0.29, 0.717) is 0 Å². The van der Waals surface area contributed by atoms with E-state index in [4.69, 9.17) is 4.74 Å². The van der Waals surface area contributed by atoms with Crippen molar-refractivity contribution >= 4 is 12.1 Å². The Morgan fingerprint density at radius 3 is 2.23 bits per heavy atom. The lowest BCUT2D eigenvalue weighted by atomic mass is 9.98. The molecule has 0 unspecified atom stereocenters. The molecule has 0 heterocycles. The number of carboxylic acid groups (broad SMARTS) is 1. The molecule has 1 atom stereocenters. The Balaban J connectivity index is 1.62. The van der Waals surface area contributed by atoms with Crippen LogP contribution in [0.1, 0.15) is 63.0 Å². The van der Waals surface area contributed by atoms with Gasteiger partial charge >= 0.3 is 12.1 Å². The summed E-state index contributed by atoms with van der Waals surface area (Å²) in [5.41, 5.74) is 3.02. The highest BCUT2D eigenvalue weighted by Gasteiger charge is 2.34. The van der Waals surface area contributed by atoms with E-state index in [0.717, 1.165) is 47.9 Å². The maximum Gasteiger partial charge on any atom is 0.408 e. The van der Waals surface area contributed by atoms with Crippen molar-refractivity contribution in [2.24, 2.45) is 0 Å². The van der Waals surface area contributed by atoms with Crippen molar-refractivity contribution in [3.63, 3.8) is 0 Å². The summed E-state index contributed by atoms with van der Waals surface area (Å²) in [7, 11) is 0. The molecule has 2 aromatic carbocycles. The summed E-state index contributed by atoms with van der Waals surface area (Å²) in [5, 5.41) is 12.2. The molecule has 0 aliphatic heterocycles. The number of ether oxygens (including phenoxy) is 1. The first-order valence-electron chi connectivity index (χ1n) is 11.0. The Bertz CT molecular complexity index is 906. The summed E-state index contributed by atoms with van der Waals surface area (Å²) in [6.07, 6.45) is 7.87. The minimum absolute atomic E-state index is 0.0664. The number of hydrogen-bond acceptors (Lipinski definition) is 3. The first-order valence-corrected chi connectivity index (χ1v) is 11.0. The molecule has 31 heavy (non-hydrogen) atoms. The highest BCUT2D eigenvalue weighted by atomic mass is 16.5. The Morgan fingerprint density at radius 1 is 1.03 bits per heavy atom. The van der Waals surface area contributed by atoms with Gasteiger partial charge in [0.1, 0.15) is 6.61 Å². The highest BCUT2D eigenvalue weighted by Crippen LogP contribution is 2.44. The number of benzene rings is 2. The molecule has 2 N–H and O–H groups in total. The topological polar surface area (TPSA) is 75.6 Å². The first kappa shape index (κ1) is 22.6. The van der Waals surface area contributed by atoms with E-state index in [1.807, 2.05) is 42.5 Å². The van der Waals surface area contributed by atoms with Crippen molar-refractivity contribution in [1.29, 1.82) is 0 Å². The van der Waals surface area contributed by atoms with Gasteiger partial charge in [0.25, 0.3) is 0 Å². The number of nitrogens with one attached hydrogen (secondary N) is 1. The van der Waals surface area contributed by atoms with Crippen LogP contribution in [0.5, 0.6) is 0 Å². The fourth-order valence-corrected chi connectivity index (χ4v) is 4.02. The quantitative estimate of drug-likeness (QED) is 0.370. The lowest BCUT2D eigenvalue weighted by Crippen LogP contribution is -2.51. The van der Waals surface area contributed by atoms with E-state index >= 15 is 0 Å². The standard InChI is InChI=1S/C26H31NO4/c1-3-4-5-6-7-12-17-26(2,24(28)29)27-25(30)31-18-23-21-15-10-8-13-19(21)20-14-9-11-16-22(20)23/h8-17,23H,3-7,18H2,1-2H3,(H,27,30)(H,28,29)/t26-/m1/s1. The summed E-state index contributed by atoms with van der Waals surface area (Å²) < 4.78 is 5.50. The average molecular weight is 422 g/mol. The molecule has 0 saturated heterocycles. The third-order valence-corrected chi connectivity index (χ3v) is 5.83. The van der Waals surface area contributed by atoms with Gasteiger partial charge in [-0.3, -0.25) is 0 Å². The summed E-state index contributed by atoms with van der Waals surface area (Å²) in [4.78, 5) is 24.3. The second-order valence-corrected chi connectivity index (χ2v) is 8.21. The molecular formula is C26H31NO4. The minimum atomic E-state index is -1.51. The van der Waals surface area contributed by atoms with Crippen LogP contribution in [0.3, 0.4) is 0 Å². The zero-order chi connectivity index (χ0) is 22.3. The normalized spacial score (nSPS) is 14.6. The van der Waals surface area contributed by atoms with Gasteiger partial charge in [0.15, 0.2) is 5.54 Å². The van der Waals surface area contributed by atoms with Crippen LogP contribution in [0.4, 0.5) is 4.79 Å². The van der Waals surface area contributed by atoms with Crippen molar-refractivity contribution in [1.82, 2.24) is 5.32 Å². The predicted molar refractivity (Wildman–Crippen MR) is 122 cm³/mol. The molecule has 0 spiro atoms. The van der Waals surface area contributed by atoms with Crippen LogP contribution in [0.25, 0.3) is 11.1 Å². The molecule has 0 fully saturated rings. The zero-order valence-electron chi connectivity index (χ0n) is 18.3. The van der Waals surface area contributed by atoms with Crippen LogP contribution in [-0.2, 0) is 9.53 Å². The number of carbonyl (C=O) groups is 2. The molecule has 1 aliphatic carbocycles. The van der Waals surface area contributed by atoms with E-state index in [1.165, 1.54) is 13.3 Å². The van der Waals surface area contributed by atoms with Crippen LogP contribution >= 0.6 is 0 Å². The van der Waals surface area contributed by atoms with Crippen molar-refractivity contribution in [3.05, 3.63) is 71.8 Å². The summed E-state index contributed by atoms with van der Waals surface area (Å²) in [6.45, 7) is 3.77. The molecule has 0 bridgehead atoms. The molecule has 0 saturated carbocycles. The van der Waals surface area contributed by atoms with Gasteiger partial charge in [0.05, 0.1) is 0 Å². The SMILES string of the molecule is CCCCCCC=C[C@@](C)(NC(=O)OCC1c2ccccc2-c2ccccc21)C(=O)O. The number of rotatable bonds is 10.